The average Bonchev–Trinajstić information content (AvgIpc) is 3.18. The molecule has 2 amide bonds. The van der Waals surface area contributed by atoms with Crippen LogP contribution in [0.15, 0.2) is 30.3 Å². The maximum Gasteiger partial charge on any atom is 0.227 e. The van der Waals surface area contributed by atoms with Gasteiger partial charge in [0.1, 0.15) is 5.69 Å². The third kappa shape index (κ3) is 6.17. The van der Waals surface area contributed by atoms with Crippen LogP contribution in [0.2, 0.25) is 0 Å². The van der Waals surface area contributed by atoms with Crippen molar-refractivity contribution in [2.24, 2.45) is 11.8 Å². The number of nitrogens with zero attached hydrogens (tertiary/aromatic N) is 4. The maximum atomic E-state index is 12.8. The predicted molar refractivity (Wildman–Crippen MR) is 138 cm³/mol. The molecular formula is C26H40N6O2. The van der Waals surface area contributed by atoms with Crippen molar-refractivity contribution in [3.8, 4) is 5.69 Å². The number of para-hydroxylation sites is 1. The zero-order chi connectivity index (χ0) is 24.7. The van der Waals surface area contributed by atoms with Crippen LogP contribution in [-0.2, 0) is 9.59 Å². The van der Waals surface area contributed by atoms with Crippen LogP contribution in [0.5, 0.6) is 0 Å². The minimum absolute atomic E-state index is 0.0100. The van der Waals surface area contributed by atoms with Gasteiger partial charge < -0.3 is 20.4 Å². The number of aromatic nitrogens is 2. The van der Waals surface area contributed by atoms with Gasteiger partial charge in [0.25, 0.3) is 0 Å². The van der Waals surface area contributed by atoms with Crippen molar-refractivity contribution in [3.63, 3.8) is 0 Å². The first-order chi connectivity index (χ1) is 16.3. The number of hydrogen-bond acceptors (Lipinski definition) is 5. The van der Waals surface area contributed by atoms with Crippen LogP contribution in [0.1, 0.15) is 46.2 Å². The molecule has 1 aliphatic heterocycles. The number of benzene rings is 1. The van der Waals surface area contributed by atoms with Crippen molar-refractivity contribution in [1.29, 1.82) is 0 Å². The lowest BCUT2D eigenvalue weighted by Gasteiger charge is -2.34. The van der Waals surface area contributed by atoms with Crippen molar-refractivity contribution < 1.29 is 9.59 Å². The Morgan fingerprint density at radius 1 is 1.12 bits per heavy atom. The minimum atomic E-state index is -0.127. The summed E-state index contributed by atoms with van der Waals surface area (Å²) in [6, 6.07) is 9.97. The molecule has 1 aliphatic rings. The molecule has 8 heteroatoms. The first-order valence-electron chi connectivity index (χ1n) is 12.6. The van der Waals surface area contributed by atoms with E-state index in [1.54, 1.807) is 0 Å². The van der Waals surface area contributed by atoms with E-state index in [0.29, 0.717) is 6.54 Å². The van der Waals surface area contributed by atoms with E-state index in [0.717, 1.165) is 68.5 Å². The van der Waals surface area contributed by atoms with Gasteiger partial charge in [0.15, 0.2) is 5.82 Å². The lowest BCUT2D eigenvalue weighted by atomic mass is 9.95. The first kappa shape index (κ1) is 25.7. The fourth-order valence-corrected chi connectivity index (χ4v) is 4.35. The van der Waals surface area contributed by atoms with Crippen molar-refractivity contribution in [2.75, 3.05) is 49.5 Å². The number of amides is 2. The number of aryl methyl sites for hydroxylation is 1. The summed E-state index contributed by atoms with van der Waals surface area (Å²) in [6.45, 7) is 15.0. The smallest absolute Gasteiger partial charge is 0.227 e. The first-order valence-corrected chi connectivity index (χ1v) is 12.6. The van der Waals surface area contributed by atoms with Gasteiger partial charge in [-0.2, -0.15) is 5.10 Å². The van der Waals surface area contributed by atoms with E-state index in [-0.39, 0.29) is 23.7 Å². The molecule has 0 bridgehead atoms. The van der Waals surface area contributed by atoms with Gasteiger partial charge in [0.2, 0.25) is 11.8 Å². The van der Waals surface area contributed by atoms with E-state index in [4.69, 9.17) is 5.10 Å². The van der Waals surface area contributed by atoms with Gasteiger partial charge in [-0.1, -0.05) is 45.9 Å². The van der Waals surface area contributed by atoms with Crippen molar-refractivity contribution in [1.82, 2.24) is 20.0 Å². The Morgan fingerprint density at radius 3 is 2.35 bits per heavy atom. The van der Waals surface area contributed by atoms with E-state index >= 15 is 0 Å². The summed E-state index contributed by atoms with van der Waals surface area (Å²) in [7, 11) is 0. The molecule has 0 unspecified atom stereocenters. The molecule has 2 aromatic rings. The summed E-state index contributed by atoms with van der Waals surface area (Å²) >= 11 is 0. The van der Waals surface area contributed by atoms with E-state index in [9.17, 15) is 9.59 Å². The van der Waals surface area contributed by atoms with Crippen LogP contribution in [0.25, 0.3) is 5.69 Å². The number of rotatable bonds is 10. The Balaban J connectivity index is 1.74. The quantitative estimate of drug-likeness (QED) is 0.558. The van der Waals surface area contributed by atoms with Gasteiger partial charge in [0.05, 0.1) is 11.4 Å². The number of piperidine rings is 1. The molecule has 0 radical (unpaired) electrons. The van der Waals surface area contributed by atoms with Crippen LogP contribution < -0.4 is 15.5 Å². The molecule has 0 aliphatic carbocycles. The highest BCUT2D eigenvalue weighted by Gasteiger charge is 2.30. The Hall–Kier alpha value is -2.87. The van der Waals surface area contributed by atoms with Crippen molar-refractivity contribution >= 4 is 23.3 Å². The second-order valence-corrected chi connectivity index (χ2v) is 9.25. The molecule has 1 aromatic carbocycles. The van der Waals surface area contributed by atoms with Gasteiger partial charge >= 0.3 is 0 Å². The molecule has 0 spiro atoms. The van der Waals surface area contributed by atoms with Crippen LogP contribution >= 0.6 is 0 Å². The van der Waals surface area contributed by atoms with Gasteiger partial charge in [-0.05, 0) is 45.0 Å². The summed E-state index contributed by atoms with van der Waals surface area (Å²) in [5.74, 6) is 0.888. The molecule has 1 fully saturated rings. The van der Waals surface area contributed by atoms with E-state index in [1.807, 2.05) is 55.8 Å². The van der Waals surface area contributed by atoms with Gasteiger partial charge in [0, 0.05) is 38.0 Å². The van der Waals surface area contributed by atoms with Crippen molar-refractivity contribution in [3.05, 3.63) is 36.0 Å². The molecule has 186 valence electrons. The van der Waals surface area contributed by atoms with Crippen LogP contribution in [0, 0.1) is 18.8 Å². The van der Waals surface area contributed by atoms with Crippen LogP contribution in [0.3, 0.4) is 0 Å². The van der Waals surface area contributed by atoms with Crippen LogP contribution in [0.4, 0.5) is 11.5 Å². The summed E-state index contributed by atoms with van der Waals surface area (Å²) < 4.78 is 1.91. The van der Waals surface area contributed by atoms with E-state index in [1.165, 1.54) is 0 Å². The Kier molecular flexibility index (Phi) is 9.10. The molecule has 2 N–H and O–H groups in total. The molecular weight excluding hydrogens is 428 g/mol. The number of hydrogen-bond donors (Lipinski definition) is 2. The van der Waals surface area contributed by atoms with Crippen molar-refractivity contribution in [2.45, 2.75) is 47.5 Å². The zero-order valence-electron chi connectivity index (χ0n) is 21.3. The summed E-state index contributed by atoms with van der Waals surface area (Å²) in [4.78, 5) is 29.9. The molecule has 1 aromatic heterocycles. The highest BCUT2D eigenvalue weighted by molar-refractivity contribution is 5.96. The van der Waals surface area contributed by atoms with Gasteiger partial charge in [-0.25, -0.2) is 4.68 Å². The SMILES string of the molecule is CCN(CC)CCNC(=O)C1CCN(c2c(NC(=O)C(C)C)c(C)nn2-c2ccccc2)CC1. The fourth-order valence-electron chi connectivity index (χ4n) is 4.35. The Bertz CT molecular complexity index is 944. The summed E-state index contributed by atoms with van der Waals surface area (Å²) in [5.41, 5.74) is 2.48. The minimum Gasteiger partial charge on any atom is -0.355 e. The molecule has 2 heterocycles. The third-order valence-corrected chi connectivity index (χ3v) is 6.60. The highest BCUT2D eigenvalue weighted by atomic mass is 16.2. The molecule has 0 saturated carbocycles. The second kappa shape index (κ2) is 12.0. The standard InChI is InChI=1S/C26H40N6O2/c1-6-30(7-2)18-15-27-25(34)21-13-16-31(17-14-21)26-23(28-24(33)19(3)4)20(5)29-32(26)22-11-9-8-10-12-22/h8-12,19,21H,6-7,13-18H2,1-5H3,(H,27,34)(H,28,33). The lowest BCUT2D eigenvalue weighted by molar-refractivity contribution is -0.125. The van der Waals surface area contributed by atoms with Crippen LogP contribution in [-0.4, -0.2) is 65.8 Å². The molecule has 0 atom stereocenters. The monoisotopic (exact) mass is 468 g/mol. The van der Waals surface area contributed by atoms with Gasteiger partial charge in [-0.3, -0.25) is 9.59 Å². The maximum absolute atomic E-state index is 12.8. The fraction of sp³-hybridized carbons (Fsp3) is 0.577. The second-order valence-electron chi connectivity index (χ2n) is 9.25. The summed E-state index contributed by atoms with van der Waals surface area (Å²) in [6.07, 6.45) is 1.54. The average molecular weight is 469 g/mol. The molecule has 8 nitrogen and oxygen atoms in total. The molecule has 3 rings (SSSR count). The van der Waals surface area contributed by atoms with E-state index < -0.39 is 0 Å². The molecule has 1 saturated heterocycles. The largest absolute Gasteiger partial charge is 0.355 e. The lowest BCUT2D eigenvalue weighted by Crippen LogP contribution is -2.43. The third-order valence-electron chi connectivity index (χ3n) is 6.60. The number of carbonyl (C=O) groups excluding carboxylic acids is 2. The topological polar surface area (TPSA) is 82.5 Å². The predicted octanol–water partition coefficient (Wildman–Crippen LogP) is 3.45. The zero-order valence-corrected chi connectivity index (χ0v) is 21.3. The normalized spacial score (nSPS) is 14.6. The Morgan fingerprint density at radius 2 is 1.76 bits per heavy atom. The number of anilines is 2. The number of nitrogens with one attached hydrogen (secondary N) is 2. The Labute approximate surface area is 203 Å². The van der Waals surface area contributed by atoms with E-state index in [2.05, 4.69) is 34.3 Å². The molecule has 34 heavy (non-hydrogen) atoms. The number of likely N-dealkylation sites (N-methyl/N-ethyl adjacent to an activating group) is 1. The van der Waals surface area contributed by atoms with Gasteiger partial charge in [-0.15, -0.1) is 0 Å². The number of carbonyl (C=O) groups is 2. The summed E-state index contributed by atoms with van der Waals surface area (Å²) in [5, 5.41) is 11.0. The highest BCUT2D eigenvalue weighted by Crippen LogP contribution is 2.35.